The number of rotatable bonds is 8. The number of methoxy groups -OCH3 is 2. The average molecular weight is 460 g/mol. The van der Waals surface area contributed by atoms with E-state index in [9.17, 15) is 14.4 Å². The summed E-state index contributed by atoms with van der Waals surface area (Å²) in [4.78, 5) is 39.6. The Kier molecular flexibility index (Phi) is 8.97. The second-order valence-corrected chi connectivity index (χ2v) is 9.12. The minimum absolute atomic E-state index is 0.0102. The first kappa shape index (κ1) is 24.9. The highest BCUT2D eigenvalue weighted by Crippen LogP contribution is 2.27. The van der Waals surface area contributed by atoms with Gasteiger partial charge < -0.3 is 25.0 Å². The topological polar surface area (TPSA) is 97.0 Å². The number of carbonyl (C=O) groups excluding carboxylic acids is 3. The molecular formula is C25H37N3O5. The third kappa shape index (κ3) is 7.11. The van der Waals surface area contributed by atoms with E-state index in [2.05, 4.69) is 10.6 Å². The summed E-state index contributed by atoms with van der Waals surface area (Å²) < 4.78 is 10.6. The van der Waals surface area contributed by atoms with Gasteiger partial charge in [0.05, 0.1) is 14.2 Å². The van der Waals surface area contributed by atoms with Crippen LogP contribution in [0.25, 0.3) is 0 Å². The normalized spacial score (nSPS) is 18.3. The third-order valence-electron chi connectivity index (χ3n) is 6.65. The summed E-state index contributed by atoms with van der Waals surface area (Å²) in [6.45, 7) is 2.73. The standard InChI is InChI=1S/C25H37N3O5/c1-17(29)26-23(15-18-13-21(32-2)16-22(14-18)33-3)24(30)27-20-9-11-28(12-10-20)25(31)19-7-5-4-6-8-19/h13-14,16,19-20,23H,4-12,15H2,1-3H3,(H,26,29)(H,27,30)/t23-/m0/s1. The minimum atomic E-state index is -0.707. The van der Waals surface area contributed by atoms with Gasteiger partial charge in [-0.2, -0.15) is 0 Å². The van der Waals surface area contributed by atoms with Gasteiger partial charge in [0, 0.05) is 44.5 Å². The highest BCUT2D eigenvalue weighted by molar-refractivity contribution is 5.87. The number of amides is 3. The first-order valence-corrected chi connectivity index (χ1v) is 12.0. The van der Waals surface area contributed by atoms with E-state index >= 15 is 0 Å². The Bertz CT molecular complexity index is 807. The zero-order chi connectivity index (χ0) is 23.8. The highest BCUT2D eigenvalue weighted by Gasteiger charge is 2.30. The fourth-order valence-corrected chi connectivity index (χ4v) is 4.83. The predicted octanol–water partition coefficient (Wildman–Crippen LogP) is 2.44. The van der Waals surface area contributed by atoms with Crippen molar-refractivity contribution < 1.29 is 23.9 Å². The van der Waals surface area contributed by atoms with Gasteiger partial charge in [-0.3, -0.25) is 14.4 Å². The van der Waals surface area contributed by atoms with Crippen LogP contribution in [0.1, 0.15) is 57.4 Å². The number of nitrogens with one attached hydrogen (secondary N) is 2. The molecule has 1 heterocycles. The van der Waals surface area contributed by atoms with Crippen LogP contribution < -0.4 is 20.1 Å². The first-order valence-electron chi connectivity index (χ1n) is 12.0. The van der Waals surface area contributed by atoms with Gasteiger partial charge in [-0.15, -0.1) is 0 Å². The maximum Gasteiger partial charge on any atom is 0.243 e. The van der Waals surface area contributed by atoms with Gasteiger partial charge in [-0.25, -0.2) is 0 Å². The Morgan fingerprint density at radius 1 is 0.970 bits per heavy atom. The number of likely N-dealkylation sites (tertiary alicyclic amines) is 1. The van der Waals surface area contributed by atoms with Crippen molar-refractivity contribution in [2.75, 3.05) is 27.3 Å². The summed E-state index contributed by atoms with van der Waals surface area (Å²) in [5, 5.41) is 5.85. The van der Waals surface area contributed by atoms with E-state index < -0.39 is 6.04 Å². The van der Waals surface area contributed by atoms with Gasteiger partial charge in [0.25, 0.3) is 0 Å². The van der Waals surface area contributed by atoms with E-state index in [1.54, 1.807) is 20.3 Å². The van der Waals surface area contributed by atoms with E-state index in [0.717, 1.165) is 44.1 Å². The van der Waals surface area contributed by atoms with Crippen molar-refractivity contribution in [1.29, 1.82) is 0 Å². The molecule has 1 saturated carbocycles. The number of carbonyl (C=O) groups is 3. The Hall–Kier alpha value is -2.77. The lowest BCUT2D eigenvalue weighted by Gasteiger charge is -2.36. The smallest absolute Gasteiger partial charge is 0.243 e. The fourth-order valence-electron chi connectivity index (χ4n) is 4.83. The Morgan fingerprint density at radius 3 is 2.12 bits per heavy atom. The Balaban J connectivity index is 1.57. The van der Waals surface area contributed by atoms with Crippen molar-refractivity contribution in [2.45, 2.75) is 70.4 Å². The molecule has 1 aliphatic heterocycles. The molecule has 2 N–H and O–H groups in total. The average Bonchev–Trinajstić information content (AvgIpc) is 2.83. The molecule has 33 heavy (non-hydrogen) atoms. The molecule has 1 aliphatic carbocycles. The van der Waals surface area contributed by atoms with Crippen molar-refractivity contribution >= 4 is 17.7 Å². The van der Waals surface area contributed by atoms with Crippen molar-refractivity contribution in [3.8, 4) is 11.5 Å². The number of hydrogen-bond donors (Lipinski definition) is 2. The van der Waals surface area contributed by atoms with Gasteiger partial charge in [-0.05, 0) is 43.4 Å². The predicted molar refractivity (Wildman–Crippen MR) is 125 cm³/mol. The maximum atomic E-state index is 13.1. The van der Waals surface area contributed by atoms with Crippen LogP contribution in [-0.4, -0.2) is 62.0 Å². The van der Waals surface area contributed by atoms with Gasteiger partial charge >= 0.3 is 0 Å². The molecule has 3 amide bonds. The van der Waals surface area contributed by atoms with E-state index in [1.165, 1.54) is 13.3 Å². The van der Waals surface area contributed by atoms with Gasteiger partial charge in [0.15, 0.2) is 0 Å². The van der Waals surface area contributed by atoms with Gasteiger partial charge in [0.1, 0.15) is 17.5 Å². The lowest BCUT2D eigenvalue weighted by molar-refractivity contribution is -0.138. The highest BCUT2D eigenvalue weighted by atomic mass is 16.5. The summed E-state index contributed by atoms with van der Waals surface area (Å²) >= 11 is 0. The summed E-state index contributed by atoms with van der Waals surface area (Å²) in [7, 11) is 3.14. The van der Waals surface area contributed by atoms with Crippen LogP contribution in [0.3, 0.4) is 0 Å². The number of nitrogens with zero attached hydrogens (tertiary/aromatic N) is 1. The van der Waals surface area contributed by atoms with Crippen LogP contribution in [0.15, 0.2) is 18.2 Å². The summed E-state index contributed by atoms with van der Waals surface area (Å²) in [6.07, 6.45) is 7.30. The molecule has 3 rings (SSSR count). The van der Waals surface area contributed by atoms with E-state index in [4.69, 9.17) is 9.47 Å². The zero-order valence-electron chi connectivity index (χ0n) is 20.0. The molecule has 0 aromatic heterocycles. The van der Waals surface area contributed by atoms with Gasteiger partial charge in [-0.1, -0.05) is 19.3 Å². The van der Waals surface area contributed by atoms with Crippen LogP contribution in [0.4, 0.5) is 0 Å². The monoisotopic (exact) mass is 459 g/mol. The summed E-state index contributed by atoms with van der Waals surface area (Å²) in [6, 6.07) is 4.71. The molecule has 2 aliphatic rings. The van der Waals surface area contributed by atoms with Crippen LogP contribution in [0.5, 0.6) is 11.5 Å². The molecule has 182 valence electrons. The molecule has 8 nitrogen and oxygen atoms in total. The first-order chi connectivity index (χ1) is 15.9. The number of hydrogen-bond acceptors (Lipinski definition) is 5. The second-order valence-electron chi connectivity index (χ2n) is 9.12. The minimum Gasteiger partial charge on any atom is -0.497 e. The molecule has 0 spiro atoms. The number of ether oxygens (including phenoxy) is 2. The molecule has 2 fully saturated rings. The lowest BCUT2D eigenvalue weighted by atomic mass is 9.87. The Morgan fingerprint density at radius 2 is 1.58 bits per heavy atom. The molecule has 0 bridgehead atoms. The van der Waals surface area contributed by atoms with Crippen LogP contribution >= 0.6 is 0 Å². The summed E-state index contributed by atoms with van der Waals surface area (Å²) in [5.41, 5.74) is 0.827. The quantitative estimate of drug-likeness (QED) is 0.622. The maximum absolute atomic E-state index is 13.1. The second kappa shape index (κ2) is 11.9. The van der Waals surface area contributed by atoms with Crippen LogP contribution in [0, 0.1) is 5.92 Å². The fraction of sp³-hybridized carbons (Fsp3) is 0.640. The SMILES string of the molecule is COc1cc(C[C@H](NC(C)=O)C(=O)NC2CCN(C(=O)C3CCCCC3)CC2)cc(OC)c1. The molecule has 1 atom stereocenters. The van der Waals surface area contributed by atoms with E-state index in [1.807, 2.05) is 17.0 Å². The van der Waals surface area contributed by atoms with Crippen LogP contribution in [-0.2, 0) is 20.8 Å². The number of benzene rings is 1. The van der Waals surface area contributed by atoms with Crippen molar-refractivity contribution in [3.63, 3.8) is 0 Å². The van der Waals surface area contributed by atoms with Crippen molar-refractivity contribution in [3.05, 3.63) is 23.8 Å². The third-order valence-corrected chi connectivity index (χ3v) is 6.65. The summed E-state index contributed by atoms with van der Waals surface area (Å²) in [5.74, 6) is 1.22. The molecule has 0 radical (unpaired) electrons. The largest absolute Gasteiger partial charge is 0.497 e. The molecule has 1 saturated heterocycles. The van der Waals surface area contributed by atoms with Crippen molar-refractivity contribution in [1.82, 2.24) is 15.5 Å². The van der Waals surface area contributed by atoms with Crippen LogP contribution in [0.2, 0.25) is 0 Å². The van der Waals surface area contributed by atoms with E-state index in [0.29, 0.717) is 31.0 Å². The van der Waals surface area contributed by atoms with Gasteiger partial charge in [0.2, 0.25) is 17.7 Å². The molecular weight excluding hydrogens is 422 g/mol. The lowest BCUT2D eigenvalue weighted by Crippen LogP contribution is -2.53. The molecule has 1 aromatic rings. The van der Waals surface area contributed by atoms with E-state index in [-0.39, 0.29) is 29.7 Å². The zero-order valence-corrected chi connectivity index (χ0v) is 20.0. The molecule has 0 unspecified atom stereocenters. The molecule has 8 heteroatoms. The molecule has 1 aromatic carbocycles. The number of piperidine rings is 1. The Labute approximate surface area is 196 Å². The van der Waals surface area contributed by atoms with Crippen molar-refractivity contribution in [2.24, 2.45) is 5.92 Å².